The Bertz CT molecular complexity index is 557. The van der Waals surface area contributed by atoms with E-state index in [9.17, 15) is 8.78 Å². The van der Waals surface area contributed by atoms with Crippen molar-refractivity contribution in [3.63, 3.8) is 0 Å². The molecule has 0 saturated heterocycles. The van der Waals surface area contributed by atoms with Crippen molar-refractivity contribution in [2.75, 3.05) is 0 Å². The SMILES string of the molecule is N#CCc1nc(-c2ccc(F)cc2F)cs1. The van der Waals surface area contributed by atoms with Gasteiger partial charge in [0.05, 0.1) is 18.2 Å². The topological polar surface area (TPSA) is 36.7 Å². The van der Waals surface area contributed by atoms with Crippen LogP contribution in [0.25, 0.3) is 11.3 Å². The van der Waals surface area contributed by atoms with Gasteiger partial charge in [0, 0.05) is 17.0 Å². The van der Waals surface area contributed by atoms with Gasteiger partial charge in [-0.1, -0.05) is 0 Å². The number of nitrogens with zero attached hydrogens (tertiary/aromatic N) is 2. The third-order valence-corrected chi connectivity index (χ3v) is 2.84. The lowest BCUT2D eigenvalue weighted by molar-refractivity contribution is 0.585. The van der Waals surface area contributed by atoms with Gasteiger partial charge in [-0.3, -0.25) is 0 Å². The van der Waals surface area contributed by atoms with Gasteiger partial charge in [0.1, 0.15) is 16.6 Å². The number of nitriles is 1. The van der Waals surface area contributed by atoms with Crippen LogP contribution < -0.4 is 0 Å². The standard InChI is InChI=1S/C11H6F2N2S/c12-7-1-2-8(9(13)5-7)10-6-16-11(15-10)3-4-14/h1-2,5-6H,3H2. The van der Waals surface area contributed by atoms with Gasteiger partial charge in [0.15, 0.2) is 0 Å². The molecule has 0 aliphatic rings. The molecule has 0 aliphatic heterocycles. The molecular weight excluding hydrogens is 230 g/mol. The van der Waals surface area contributed by atoms with E-state index in [0.717, 1.165) is 6.07 Å². The molecule has 0 N–H and O–H groups in total. The highest BCUT2D eigenvalue weighted by Gasteiger charge is 2.09. The number of halogens is 2. The molecule has 1 aromatic heterocycles. The van der Waals surface area contributed by atoms with E-state index in [2.05, 4.69) is 4.98 Å². The quantitative estimate of drug-likeness (QED) is 0.803. The van der Waals surface area contributed by atoms with E-state index in [1.54, 1.807) is 5.38 Å². The van der Waals surface area contributed by atoms with Crippen molar-refractivity contribution in [2.45, 2.75) is 6.42 Å². The number of benzene rings is 1. The van der Waals surface area contributed by atoms with Crippen LogP contribution in [-0.4, -0.2) is 4.98 Å². The fourth-order valence-corrected chi connectivity index (χ4v) is 2.01. The number of aromatic nitrogens is 1. The van der Waals surface area contributed by atoms with E-state index in [0.29, 0.717) is 10.7 Å². The molecule has 16 heavy (non-hydrogen) atoms. The Labute approximate surface area is 94.8 Å². The van der Waals surface area contributed by atoms with Crippen LogP contribution in [0, 0.1) is 23.0 Å². The summed E-state index contributed by atoms with van der Waals surface area (Å²) in [6, 6.07) is 5.31. The van der Waals surface area contributed by atoms with Crippen LogP contribution >= 0.6 is 11.3 Å². The lowest BCUT2D eigenvalue weighted by atomic mass is 10.1. The lowest BCUT2D eigenvalue weighted by Gasteiger charge is -1.98. The minimum Gasteiger partial charge on any atom is -0.240 e. The summed E-state index contributed by atoms with van der Waals surface area (Å²) < 4.78 is 26.1. The van der Waals surface area contributed by atoms with Crippen LogP contribution in [0.2, 0.25) is 0 Å². The highest BCUT2D eigenvalue weighted by molar-refractivity contribution is 7.10. The summed E-state index contributed by atoms with van der Waals surface area (Å²) in [6.45, 7) is 0. The molecule has 1 heterocycles. The Balaban J connectivity index is 2.39. The predicted octanol–water partition coefficient (Wildman–Crippen LogP) is 3.15. The van der Waals surface area contributed by atoms with Crippen molar-refractivity contribution in [3.8, 4) is 17.3 Å². The first-order valence-corrected chi connectivity index (χ1v) is 5.35. The molecule has 80 valence electrons. The van der Waals surface area contributed by atoms with E-state index < -0.39 is 11.6 Å². The van der Waals surface area contributed by atoms with Gasteiger partial charge >= 0.3 is 0 Å². The molecule has 0 saturated carbocycles. The minimum absolute atomic E-state index is 0.202. The zero-order valence-corrected chi connectivity index (χ0v) is 8.89. The monoisotopic (exact) mass is 236 g/mol. The van der Waals surface area contributed by atoms with Gasteiger partial charge < -0.3 is 0 Å². The highest BCUT2D eigenvalue weighted by atomic mass is 32.1. The molecule has 0 atom stereocenters. The Morgan fingerprint density at radius 1 is 1.38 bits per heavy atom. The first kappa shape index (κ1) is 10.7. The van der Waals surface area contributed by atoms with E-state index >= 15 is 0 Å². The van der Waals surface area contributed by atoms with E-state index in [-0.39, 0.29) is 12.0 Å². The van der Waals surface area contributed by atoms with Crippen molar-refractivity contribution in [3.05, 3.63) is 40.2 Å². The third kappa shape index (κ3) is 2.07. The maximum atomic E-state index is 13.4. The average Bonchev–Trinajstić information content (AvgIpc) is 2.67. The van der Waals surface area contributed by atoms with Crippen LogP contribution in [0.1, 0.15) is 5.01 Å². The van der Waals surface area contributed by atoms with Crippen LogP contribution in [0.3, 0.4) is 0 Å². The molecule has 0 amide bonds. The van der Waals surface area contributed by atoms with Crippen molar-refractivity contribution < 1.29 is 8.78 Å². The van der Waals surface area contributed by atoms with Crippen molar-refractivity contribution in [1.82, 2.24) is 4.98 Å². The summed E-state index contributed by atoms with van der Waals surface area (Å²) in [5.41, 5.74) is 0.689. The second kappa shape index (κ2) is 4.37. The normalized spacial score (nSPS) is 10.1. The van der Waals surface area contributed by atoms with E-state index in [1.165, 1.54) is 23.5 Å². The second-order valence-electron chi connectivity index (χ2n) is 3.09. The summed E-state index contributed by atoms with van der Waals surface area (Å²) >= 11 is 1.29. The Morgan fingerprint density at radius 3 is 2.88 bits per heavy atom. The number of hydrogen-bond acceptors (Lipinski definition) is 3. The maximum absolute atomic E-state index is 13.4. The van der Waals surface area contributed by atoms with Crippen LogP contribution in [0.4, 0.5) is 8.78 Å². The van der Waals surface area contributed by atoms with Crippen LogP contribution in [0.15, 0.2) is 23.6 Å². The van der Waals surface area contributed by atoms with Crippen molar-refractivity contribution in [2.24, 2.45) is 0 Å². The van der Waals surface area contributed by atoms with Gasteiger partial charge in [0.25, 0.3) is 0 Å². The molecule has 0 radical (unpaired) electrons. The molecule has 1 aromatic carbocycles. The van der Waals surface area contributed by atoms with Gasteiger partial charge in [-0.25, -0.2) is 13.8 Å². The van der Waals surface area contributed by atoms with Gasteiger partial charge in [-0.2, -0.15) is 5.26 Å². The van der Waals surface area contributed by atoms with E-state index in [1.807, 2.05) is 6.07 Å². The number of hydrogen-bond donors (Lipinski definition) is 0. The van der Waals surface area contributed by atoms with Crippen molar-refractivity contribution in [1.29, 1.82) is 5.26 Å². The smallest absolute Gasteiger partial charge is 0.135 e. The minimum atomic E-state index is -0.645. The molecule has 5 heteroatoms. The van der Waals surface area contributed by atoms with Crippen LogP contribution in [-0.2, 0) is 6.42 Å². The summed E-state index contributed by atoms with van der Waals surface area (Å²) in [6.07, 6.45) is 0.202. The highest BCUT2D eigenvalue weighted by Crippen LogP contribution is 2.25. The first-order valence-electron chi connectivity index (χ1n) is 4.47. The molecule has 0 spiro atoms. The van der Waals surface area contributed by atoms with Gasteiger partial charge in [0.2, 0.25) is 0 Å². The first-order chi connectivity index (χ1) is 7.70. The predicted molar refractivity (Wildman–Crippen MR) is 56.8 cm³/mol. The molecule has 0 aliphatic carbocycles. The lowest BCUT2D eigenvalue weighted by Crippen LogP contribution is -1.87. The zero-order valence-electron chi connectivity index (χ0n) is 8.08. The average molecular weight is 236 g/mol. The molecule has 0 fully saturated rings. The summed E-state index contributed by atoms with van der Waals surface area (Å²) in [5, 5.41) is 10.8. The van der Waals surface area contributed by atoms with E-state index in [4.69, 9.17) is 5.26 Å². The fourth-order valence-electron chi connectivity index (χ4n) is 1.28. The zero-order chi connectivity index (χ0) is 11.5. The summed E-state index contributed by atoms with van der Waals surface area (Å²) in [5.74, 6) is -1.26. The molecule has 0 unspecified atom stereocenters. The molecule has 2 aromatic rings. The Kier molecular flexibility index (Phi) is 2.93. The second-order valence-corrected chi connectivity index (χ2v) is 4.03. The van der Waals surface area contributed by atoms with Crippen molar-refractivity contribution >= 4 is 11.3 Å². The Hall–Kier alpha value is -1.80. The maximum Gasteiger partial charge on any atom is 0.135 e. The molecule has 2 nitrogen and oxygen atoms in total. The van der Waals surface area contributed by atoms with Gasteiger partial charge in [-0.15, -0.1) is 11.3 Å². The largest absolute Gasteiger partial charge is 0.240 e. The summed E-state index contributed by atoms with van der Waals surface area (Å²) in [4.78, 5) is 4.09. The van der Waals surface area contributed by atoms with Crippen LogP contribution in [0.5, 0.6) is 0 Å². The third-order valence-electron chi connectivity index (χ3n) is 1.99. The molecule has 2 rings (SSSR count). The number of rotatable bonds is 2. The van der Waals surface area contributed by atoms with Gasteiger partial charge in [-0.05, 0) is 12.1 Å². The molecule has 0 bridgehead atoms. The number of thiazole rings is 1. The Morgan fingerprint density at radius 2 is 2.19 bits per heavy atom. The summed E-state index contributed by atoms with van der Waals surface area (Å²) in [7, 11) is 0. The molecular formula is C11H6F2N2S. The fraction of sp³-hybridized carbons (Fsp3) is 0.0909.